The smallest absolute Gasteiger partial charge is 0.266 e. The van der Waals surface area contributed by atoms with Crippen molar-refractivity contribution in [1.29, 1.82) is 0 Å². The average Bonchev–Trinajstić information content (AvgIpc) is 2.91. The Morgan fingerprint density at radius 3 is 2.73 bits per heavy atom. The molecule has 0 aliphatic rings. The monoisotopic (exact) mass is 387 g/mol. The lowest BCUT2D eigenvalue weighted by molar-refractivity contribution is 0.0950. The second kappa shape index (κ2) is 8.12. The first kappa shape index (κ1) is 18.1. The molecule has 0 aliphatic carbocycles. The molecule has 0 aliphatic heterocycles. The molecular formula is C18H15Cl2N5O. The van der Waals surface area contributed by atoms with E-state index >= 15 is 0 Å². The number of halogens is 2. The van der Waals surface area contributed by atoms with Crippen molar-refractivity contribution < 1.29 is 4.79 Å². The van der Waals surface area contributed by atoms with Gasteiger partial charge in [-0.25, -0.2) is 10.1 Å². The molecule has 0 fully saturated rings. The van der Waals surface area contributed by atoms with Crippen LogP contribution in [-0.2, 0) is 6.54 Å². The number of hydrazone groups is 1. The third kappa shape index (κ3) is 4.09. The van der Waals surface area contributed by atoms with E-state index in [-0.39, 0.29) is 5.69 Å². The summed E-state index contributed by atoms with van der Waals surface area (Å²) in [6, 6.07) is 12.6. The van der Waals surface area contributed by atoms with E-state index in [9.17, 15) is 4.79 Å². The minimum absolute atomic E-state index is 0.280. The van der Waals surface area contributed by atoms with Gasteiger partial charge < -0.3 is 0 Å². The maximum atomic E-state index is 11.9. The first-order valence-corrected chi connectivity index (χ1v) is 8.52. The van der Waals surface area contributed by atoms with Crippen molar-refractivity contribution >= 4 is 35.3 Å². The number of amides is 1. The predicted octanol–water partition coefficient (Wildman–Crippen LogP) is 3.71. The van der Waals surface area contributed by atoms with Crippen LogP contribution >= 0.6 is 23.2 Å². The Balaban J connectivity index is 1.74. The molecule has 2 aromatic heterocycles. The van der Waals surface area contributed by atoms with E-state index in [0.29, 0.717) is 28.0 Å². The van der Waals surface area contributed by atoms with E-state index < -0.39 is 5.91 Å². The van der Waals surface area contributed by atoms with Gasteiger partial charge in [-0.05, 0) is 30.7 Å². The molecule has 0 bridgehead atoms. The minimum atomic E-state index is -0.404. The molecule has 1 N–H and O–H groups in total. The van der Waals surface area contributed by atoms with Gasteiger partial charge in [0.15, 0.2) is 0 Å². The Hall–Kier alpha value is -2.70. The van der Waals surface area contributed by atoms with Gasteiger partial charge in [0.2, 0.25) is 0 Å². The van der Waals surface area contributed by atoms with Crippen LogP contribution in [0.4, 0.5) is 0 Å². The molecule has 26 heavy (non-hydrogen) atoms. The highest BCUT2D eigenvalue weighted by Gasteiger charge is 2.13. The zero-order valence-corrected chi connectivity index (χ0v) is 15.4. The number of nitrogens with zero attached hydrogens (tertiary/aromatic N) is 4. The largest absolute Gasteiger partial charge is 0.289 e. The van der Waals surface area contributed by atoms with Gasteiger partial charge in [0.25, 0.3) is 5.91 Å². The predicted molar refractivity (Wildman–Crippen MR) is 102 cm³/mol. The van der Waals surface area contributed by atoms with Crippen LogP contribution in [0.3, 0.4) is 0 Å². The van der Waals surface area contributed by atoms with Crippen molar-refractivity contribution in [1.82, 2.24) is 20.2 Å². The molecule has 1 aromatic carbocycles. The summed E-state index contributed by atoms with van der Waals surface area (Å²) in [5.41, 5.74) is 4.93. The Bertz CT molecular complexity index is 953. The van der Waals surface area contributed by atoms with E-state index in [1.54, 1.807) is 29.1 Å². The van der Waals surface area contributed by atoms with Gasteiger partial charge in [0, 0.05) is 11.2 Å². The van der Waals surface area contributed by atoms with Gasteiger partial charge in [-0.15, -0.1) is 0 Å². The fourth-order valence-electron chi connectivity index (χ4n) is 2.32. The first-order valence-electron chi connectivity index (χ1n) is 7.77. The summed E-state index contributed by atoms with van der Waals surface area (Å²) in [5.74, 6) is -0.404. The number of pyridine rings is 1. The molecule has 0 spiro atoms. The fourth-order valence-corrected chi connectivity index (χ4v) is 2.79. The zero-order chi connectivity index (χ0) is 18.5. The van der Waals surface area contributed by atoms with Crippen molar-refractivity contribution in [3.8, 4) is 0 Å². The summed E-state index contributed by atoms with van der Waals surface area (Å²) in [6.07, 6.45) is 3.01. The number of aromatic nitrogens is 3. The molecule has 3 rings (SSSR count). The van der Waals surface area contributed by atoms with Crippen LogP contribution in [0.1, 0.15) is 27.3 Å². The number of carbonyl (C=O) groups excluding carboxylic acids is 1. The van der Waals surface area contributed by atoms with E-state index in [0.717, 1.165) is 5.56 Å². The first-order chi connectivity index (χ1) is 12.6. The Morgan fingerprint density at radius 1 is 1.23 bits per heavy atom. The summed E-state index contributed by atoms with van der Waals surface area (Å²) in [7, 11) is 0. The quantitative estimate of drug-likeness (QED) is 0.535. The molecule has 2 heterocycles. The number of aryl methyl sites for hydroxylation is 1. The van der Waals surface area contributed by atoms with E-state index in [1.165, 1.54) is 6.21 Å². The lowest BCUT2D eigenvalue weighted by atomic mass is 10.2. The Labute approximate surface area is 160 Å². The van der Waals surface area contributed by atoms with Crippen LogP contribution in [0, 0.1) is 6.92 Å². The van der Waals surface area contributed by atoms with Gasteiger partial charge in [-0.2, -0.15) is 10.2 Å². The molecule has 8 heteroatoms. The van der Waals surface area contributed by atoms with Crippen molar-refractivity contribution in [3.63, 3.8) is 0 Å². The summed E-state index contributed by atoms with van der Waals surface area (Å²) >= 11 is 12.6. The minimum Gasteiger partial charge on any atom is -0.266 e. The molecule has 0 saturated carbocycles. The Morgan fingerprint density at radius 2 is 2.00 bits per heavy atom. The van der Waals surface area contributed by atoms with E-state index in [1.807, 2.05) is 31.2 Å². The average molecular weight is 388 g/mol. The summed E-state index contributed by atoms with van der Waals surface area (Å²) in [6.45, 7) is 2.25. The van der Waals surface area contributed by atoms with Crippen LogP contribution in [0.15, 0.2) is 53.8 Å². The highest BCUT2D eigenvalue weighted by Crippen LogP contribution is 2.22. The maximum Gasteiger partial charge on any atom is 0.289 e. The fraction of sp³-hybridized carbons (Fsp3) is 0.111. The number of benzene rings is 1. The summed E-state index contributed by atoms with van der Waals surface area (Å²) < 4.78 is 1.64. The molecule has 0 atom stereocenters. The van der Waals surface area contributed by atoms with Crippen molar-refractivity contribution in [2.24, 2.45) is 5.10 Å². The molecule has 0 unspecified atom stereocenters. The topological polar surface area (TPSA) is 72.2 Å². The second-order valence-electron chi connectivity index (χ2n) is 5.45. The van der Waals surface area contributed by atoms with Gasteiger partial charge >= 0.3 is 0 Å². The SMILES string of the molecule is Cc1nn(Cc2ccccc2Cl)c(Cl)c1/C=N\NC(=O)c1ccccn1. The number of hydrogen-bond donors (Lipinski definition) is 1. The number of hydrogen-bond acceptors (Lipinski definition) is 4. The zero-order valence-electron chi connectivity index (χ0n) is 13.9. The van der Waals surface area contributed by atoms with Crippen LogP contribution in [0.5, 0.6) is 0 Å². The molecule has 0 saturated heterocycles. The lowest BCUT2D eigenvalue weighted by Crippen LogP contribution is -2.18. The number of carbonyl (C=O) groups is 1. The molecular weight excluding hydrogens is 373 g/mol. The van der Waals surface area contributed by atoms with Gasteiger partial charge in [-0.1, -0.05) is 47.5 Å². The highest BCUT2D eigenvalue weighted by atomic mass is 35.5. The van der Waals surface area contributed by atoms with E-state index in [4.69, 9.17) is 23.2 Å². The number of rotatable bonds is 5. The lowest BCUT2D eigenvalue weighted by Gasteiger charge is -2.05. The van der Waals surface area contributed by atoms with Crippen molar-refractivity contribution in [3.05, 3.63) is 81.4 Å². The van der Waals surface area contributed by atoms with Crippen LogP contribution in [0.25, 0.3) is 0 Å². The van der Waals surface area contributed by atoms with Crippen molar-refractivity contribution in [2.45, 2.75) is 13.5 Å². The van der Waals surface area contributed by atoms with Crippen LogP contribution in [-0.4, -0.2) is 26.9 Å². The molecule has 0 radical (unpaired) electrons. The molecule has 6 nitrogen and oxygen atoms in total. The maximum absolute atomic E-state index is 11.9. The molecule has 1 amide bonds. The molecule has 3 aromatic rings. The third-order valence-corrected chi connectivity index (χ3v) is 4.41. The highest BCUT2D eigenvalue weighted by molar-refractivity contribution is 6.32. The molecule has 132 valence electrons. The number of nitrogens with one attached hydrogen (secondary N) is 1. The van der Waals surface area contributed by atoms with E-state index in [2.05, 4.69) is 20.6 Å². The van der Waals surface area contributed by atoms with Gasteiger partial charge in [0.1, 0.15) is 10.8 Å². The van der Waals surface area contributed by atoms with Gasteiger partial charge in [0.05, 0.1) is 24.0 Å². The van der Waals surface area contributed by atoms with Crippen molar-refractivity contribution in [2.75, 3.05) is 0 Å². The van der Waals surface area contributed by atoms with Crippen LogP contribution < -0.4 is 5.43 Å². The normalized spacial score (nSPS) is 11.0. The van der Waals surface area contributed by atoms with Gasteiger partial charge in [-0.3, -0.25) is 9.78 Å². The Kier molecular flexibility index (Phi) is 5.65. The second-order valence-corrected chi connectivity index (χ2v) is 6.22. The van der Waals surface area contributed by atoms with Crippen LogP contribution in [0.2, 0.25) is 10.2 Å². The summed E-state index contributed by atoms with van der Waals surface area (Å²) in [5, 5.41) is 9.42. The summed E-state index contributed by atoms with van der Waals surface area (Å²) in [4.78, 5) is 15.9. The third-order valence-electron chi connectivity index (χ3n) is 3.64. The standard InChI is InChI=1S/C18H15Cl2N5O/c1-12-14(10-22-23-18(26)16-8-4-5-9-21-16)17(20)25(24-12)11-13-6-2-3-7-15(13)19/h2-10H,11H2,1H3,(H,23,26)/b22-10-.